The van der Waals surface area contributed by atoms with E-state index in [0.717, 1.165) is 5.22 Å². The molecule has 3 aromatic rings. The first-order valence-corrected chi connectivity index (χ1v) is 5.80. The molecule has 80 valence electrons. The SMILES string of the molecule is O=C1C=c2c(cc3cccc4cccc2c43)C1. The number of hydrogen-bond acceptors (Lipinski definition) is 1. The van der Waals surface area contributed by atoms with Gasteiger partial charge in [0.2, 0.25) is 0 Å². The predicted octanol–water partition coefficient (Wildman–Crippen LogP) is 2.62. The predicted molar refractivity (Wildman–Crippen MR) is 69.8 cm³/mol. The number of hydrogen-bond donors (Lipinski definition) is 0. The molecule has 17 heavy (non-hydrogen) atoms. The van der Waals surface area contributed by atoms with Crippen LogP contribution < -0.4 is 5.22 Å². The van der Waals surface area contributed by atoms with Crippen LogP contribution in [0.3, 0.4) is 0 Å². The number of carbonyl (C=O) groups excluding carboxylic acids is 1. The fraction of sp³-hybridized carbons (Fsp3) is 0.0625. The molecular weight excluding hydrogens is 208 g/mol. The number of ketones is 1. The van der Waals surface area contributed by atoms with Crippen molar-refractivity contribution in [3.63, 3.8) is 0 Å². The van der Waals surface area contributed by atoms with E-state index in [1.54, 1.807) is 6.08 Å². The highest BCUT2D eigenvalue weighted by Crippen LogP contribution is 2.26. The number of benzene rings is 3. The van der Waals surface area contributed by atoms with E-state index in [9.17, 15) is 4.79 Å². The summed E-state index contributed by atoms with van der Waals surface area (Å²) in [5.41, 5.74) is 1.17. The van der Waals surface area contributed by atoms with Crippen LogP contribution in [0.5, 0.6) is 0 Å². The molecule has 0 radical (unpaired) electrons. The van der Waals surface area contributed by atoms with E-state index in [4.69, 9.17) is 0 Å². The topological polar surface area (TPSA) is 17.1 Å². The van der Waals surface area contributed by atoms with Gasteiger partial charge in [-0.2, -0.15) is 0 Å². The van der Waals surface area contributed by atoms with Crippen molar-refractivity contribution >= 4 is 33.4 Å². The summed E-state index contributed by atoms with van der Waals surface area (Å²) in [4.78, 5) is 11.6. The van der Waals surface area contributed by atoms with Crippen LogP contribution >= 0.6 is 0 Å². The van der Waals surface area contributed by atoms with Crippen molar-refractivity contribution < 1.29 is 4.79 Å². The first-order valence-electron chi connectivity index (χ1n) is 5.80. The molecule has 0 fully saturated rings. The molecule has 0 aromatic heterocycles. The summed E-state index contributed by atoms with van der Waals surface area (Å²) in [6.07, 6.45) is 2.34. The zero-order valence-corrected chi connectivity index (χ0v) is 9.23. The van der Waals surface area contributed by atoms with Gasteiger partial charge >= 0.3 is 0 Å². The third-order valence-corrected chi connectivity index (χ3v) is 3.57. The summed E-state index contributed by atoms with van der Waals surface area (Å²) in [5.74, 6) is 0.219. The van der Waals surface area contributed by atoms with Crippen LogP contribution in [0.4, 0.5) is 0 Å². The minimum Gasteiger partial charge on any atom is -0.294 e. The highest BCUT2D eigenvalue weighted by molar-refractivity contribution is 6.17. The number of rotatable bonds is 0. The molecule has 0 bridgehead atoms. The average molecular weight is 218 g/mol. The Bertz CT molecular complexity index is 822. The van der Waals surface area contributed by atoms with Gasteiger partial charge in [0.15, 0.2) is 5.78 Å². The van der Waals surface area contributed by atoms with Gasteiger partial charge < -0.3 is 0 Å². The summed E-state index contributed by atoms with van der Waals surface area (Å²) in [7, 11) is 0. The minimum atomic E-state index is 0.219. The van der Waals surface area contributed by atoms with Crippen LogP contribution in [-0.2, 0) is 11.2 Å². The molecule has 3 aromatic carbocycles. The molecule has 1 aliphatic rings. The third-order valence-electron chi connectivity index (χ3n) is 3.57. The summed E-state index contributed by atoms with van der Waals surface area (Å²) < 4.78 is 0. The molecular formula is C16H10O. The smallest absolute Gasteiger partial charge is 0.160 e. The first-order chi connectivity index (χ1) is 8.33. The Morgan fingerprint density at radius 1 is 0.941 bits per heavy atom. The van der Waals surface area contributed by atoms with E-state index in [0.29, 0.717) is 6.42 Å². The Labute approximate surface area is 98.3 Å². The van der Waals surface area contributed by atoms with E-state index in [-0.39, 0.29) is 5.78 Å². The van der Waals surface area contributed by atoms with Gasteiger partial charge in [-0.25, -0.2) is 0 Å². The van der Waals surface area contributed by atoms with Gasteiger partial charge in [-0.15, -0.1) is 0 Å². The van der Waals surface area contributed by atoms with Crippen molar-refractivity contribution in [1.29, 1.82) is 0 Å². The molecule has 1 nitrogen and oxygen atoms in total. The zero-order chi connectivity index (χ0) is 11.4. The van der Waals surface area contributed by atoms with Crippen LogP contribution in [0.1, 0.15) is 5.56 Å². The summed E-state index contributed by atoms with van der Waals surface area (Å²) >= 11 is 0. The van der Waals surface area contributed by atoms with E-state index in [1.165, 1.54) is 27.1 Å². The molecule has 0 saturated heterocycles. The second-order valence-corrected chi connectivity index (χ2v) is 4.62. The van der Waals surface area contributed by atoms with Crippen molar-refractivity contribution in [2.45, 2.75) is 6.42 Å². The molecule has 1 heteroatoms. The van der Waals surface area contributed by atoms with E-state index < -0.39 is 0 Å². The van der Waals surface area contributed by atoms with Crippen LogP contribution in [0.25, 0.3) is 27.6 Å². The molecule has 0 atom stereocenters. The lowest BCUT2D eigenvalue weighted by Crippen LogP contribution is -2.05. The number of carbonyl (C=O) groups is 1. The van der Waals surface area contributed by atoms with Gasteiger partial charge in [-0.1, -0.05) is 42.5 Å². The number of fused-ring (bicyclic) bond motifs is 2. The van der Waals surface area contributed by atoms with Crippen LogP contribution in [0.15, 0.2) is 42.5 Å². The summed E-state index contributed by atoms with van der Waals surface area (Å²) in [5, 5.41) is 6.09. The van der Waals surface area contributed by atoms with Gasteiger partial charge in [0.05, 0.1) is 0 Å². The maximum absolute atomic E-state index is 11.6. The average Bonchev–Trinajstić information content (AvgIpc) is 2.70. The van der Waals surface area contributed by atoms with Crippen molar-refractivity contribution in [2.24, 2.45) is 0 Å². The Balaban J connectivity index is 2.38. The molecule has 0 saturated carbocycles. The fourth-order valence-corrected chi connectivity index (χ4v) is 2.87. The van der Waals surface area contributed by atoms with Gasteiger partial charge in [0.1, 0.15) is 0 Å². The minimum absolute atomic E-state index is 0.219. The normalized spacial score (nSPS) is 14.2. The summed E-state index contributed by atoms with van der Waals surface area (Å²) in [6.45, 7) is 0. The maximum Gasteiger partial charge on any atom is 0.160 e. The lowest BCUT2D eigenvalue weighted by molar-refractivity contribution is -0.112. The second-order valence-electron chi connectivity index (χ2n) is 4.62. The standard InChI is InChI=1S/C16H10O/c17-13-8-12-7-11-5-1-3-10-4-2-6-14(16(10)11)15(12)9-13/h1-7,9H,8H2. The molecule has 0 heterocycles. The molecule has 4 rings (SSSR count). The van der Waals surface area contributed by atoms with Crippen molar-refractivity contribution in [3.05, 3.63) is 53.2 Å². The fourth-order valence-electron chi connectivity index (χ4n) is 2.87. The Kier molecular flexibility index (Phi) is 1.55. The second kappa shape index (κ2) is 2.95. The summed E-state index contributed by atoms with van der Waals surface area (Å²) in [6, 6.07) is 14.8. The highest BCUT2D eigenvalue weighted by atomic mass is 16.1. The molecule has 0 spiro atoms. The number of Topliss-reactive ketones (excluding diaryl/α,β-unsaturated/α-hetero) is 1. The lowest BCUT2D eigenvalue weighted by Gasteiger charge is -2.07. The lowest BCUT2D eigenvalue weighted by atomic mass is 9.97. The van der Waals surface area contributed by atoms with Crippen molar-refractivity contribution in [1.82, 2.24) is 0 Å². The van der Waals surface area contributed by atoms with E-state index in [2.05, 4.69) is 42.5 Å². The van der Waals surface area contributed by atoms with Gasteiger partial charge in [-0.3, -0.25) is 4.79 Å². The molecule has 0 aliphatic heterocycles. The van der Waals surface area contributed by atoms with E-state index in [1.807, 2.05) is 0 Å². The van der Waals surface area contributed by atoms with Gasteiger partial charge in [-0.05, 0) is 38.4 Å². The van der Waals surface area contributed by atoms with Crippen molar-refractivity contribution in [3.8, 4) is 0 Å². The quantitative estimate of drug-likeness (QED) is 0.567. The van der Waals surface area contributed by atoms with Crippen LogP contribution in [0.2, 0.25) is 0 Å². The molecule has 1 aliphatic carbocycles. The zero-order valence-electron chi connectivity index (χ0n) is 9.23. The first kappa shape index (κ1) is 8.94. The Morgan fingerprint density at radius 2 is 1.71 bits per heavy atom. The third kappa shape index (κ3) is 1.11. The maximum atomic E-state index is 11.6. The Morgan fingerprint density at radius 3 is 2.59 bits per heavy atom. The van der Waals surface area contributed by atoms with E-state index >= 15 is 0 Å². The van der Waals surface area contributed by atoms with Crippen molar-refractivity contribution in [2.75, 3.05) is 0 Å². The largest absolute Gasteiger partial charge is 0.294 e. The van der Waals surface area contributed by atoms with Crippen LogP contribution in [-0.4, -0.2) is 5.78 Å². The van der Waals surface area contributed by atoms with Gasteiger partial charge in [0, 0.05) is 6.42 Å². The monoisotopic (exact) mass is 218 g/mol. The molecule has 0 N–H and O–H groups in total. The Hall–Kier alpha value is -2.15. The van der Waals surface area contributed by atoms with Crippen LogP contribution in [0, 0.1) is 0 Å². The molecule has 0 amide bonds. The molecule has 0 unspecified atom stereocenters. The highest BCUT2D eigenvalue weighted by Gasteiger charge is 2.14. The van der Waals surface area contributed by atoms with Gasteiger partial charge in [0.25, 0.3) is 0 Å².